The van der Waals surface area contributed by atoms with Gasteiger partial charge >= 0.3 is 0 Å². The summed E-state index contributed by atoms with van der Waals surface area (Å²) in [5, 5.41) is 9.79. The number of furan rings is 1. The summed E-state index contributed by atoms with van der Waals surface area (Å²) in [5.74, 6) is 0. The van der Waals surface area contributed by atoms with Gasteiger partial charge in [0, 0.05) is 64.5 Å². The molecule has 0 amide bonds. The molecule has 0 spiro atoms. The molecule has 3 heterocycles. The lowest BCUT2D eigenvalue weighted by Crippen LogP contribution is -2.09. The zero-order valence-corrected chi connectivity index (χ0v) is 31.0. The van der Waals surface area contributed by atoms with Crippen LogP contribution in [-0.4, -0.2) is 4.57 Å². The standard InChI is InChI=1S/C52H32N2OS/c1-3-11-36(12-4-1)53(39-25-26-41-40-15-8-10-18-50(40)56-51(41)31-39)38-23-19-33(20-24-38)34-21-27-46-44(29-34)45-30-35-22-28-49-52(42-16-7-9-17-48(42)55-49)43(35)32-47(45)54(46)37-13-5-2-6-14-37/h1-32H. The van der Waals surface area contributed by atoms with Crippen molar-refractivity contribution in [2.75, 3.05) is 4.90 Å². The van der Waals surface area contributed by atoms with Crippen molar-refractivity contribution in [2.45, 2.75) is 0 Å². The van der Waals surface area contributed by atoms with E-state index < -0.39 is 0 Å². The van der Waals surface area contributed by atoms with Gasteiger partial charge in [-0.3, -0.25) is 0 Å². The van der Waals surface area contributed by atoms with Gasteiger partial charge in [-0.2, -0.15) is 0 Å². The van der Waals surface area contributed by atoms with Crippen LogP contribution in [0.1, 0.15) is 0 Å². The van der Waals surface area contributed by atoms with E-state index in [1.807, 2.05) is 17.4 Å². The average molecular weight is 733 g/mol. The Morgan fingerprint density at radius 1 is 0.393 bits per heavy atom. The second kappa shape index (κ2) is 12.2. The molecule has 0 atom stereocenters. The lowest BCUT2D eigenvalue weighted by Gasteiger charge is -2.25. The lowest BCUT2D eigenvalue weighted by atomic mass is 9.99. The predicted molar refractivity (Wildman–Crippen MR) is 239 cm³/mol. The fraction of sp³-hybridized carbons (Fsp3) is 0. The maximum Gasteiger partial charge on any atom is 0.136 e. The molecule has 0 saturated carbocycles. The fourth-order valence-electron chi connectivity index (χ4n) is 8.78. The van der Waals surface area contributed by atoms with Crippen molar-refractivity contribution in [3.05, 3.63) is 194 Å². The molecule has 0 aliphatic heterocycles. The largest absolute Gasteiger partial charge is 0.456 e. The molecule has 0 aliphatic carbocycles. The van der Waals surface area contributed by atoms with Crippen LogP contribution in [0.5, 0.6) is 0 Å². The van der Waals surface area contributed by atoms with Crippen molar-refractivity contribution in [1.29, 1.82) is 0 Å². The third kappa shape index (κ3) is 4.76. The molecule has 4 heteroatoms. The molecule has 12 rings (SSSR count). The maximum absolute atomic E-state index is 6.30. The Balaban J connectivity index is 1.00. The van der Waals surface area contributed by atoms with E-state index in [2.05, 4.69) is 198 Å². The van der Waals surface area contributed by atoms with Crippen molar-refractivity contribution in [3.8, 4) is 16.8 Å². The van der Waals surface area contributed by atoms with Gasteiger partial charge in [0.05, 0.1) is 11.0 Å². The van der Waals surface area contributed by atoms with Crippen molar-refractivity contribution in [1.82, 2.24) is 4.57 Å². The number of benzene rings is 9. The number of aromatic nitrogens is 1. The highest BCUT2D eigenvalue weighted by atomic mass is 32.1. The smallest absolute Gasteiger partial charge is 0.136 e. The van der Waals surface area contributed by atoms with E-state index in [1.165, 1.54) is 69.3 Å². The summed E-state index contributed by atoms with van der Waals surface area (Å²) in [5.41, 5.74) is 11.1. The van der Waals surface area contributed by atoms with Crippen LogP contribution in [0.4, 0.5) is 17.1 Å². The summed E-state index contributed by atoms with van der Waals surface area (Å²) in [6.07, 6.45) is 0. The summed E-state index contributed by atoms with van der Waals surface area (Å²) in [7, 11) is 0. The summed E-state index contributed by atoms with van der Waals surface area (Å²) in [6, 6.07) is 70.3. The Morgan fingerprint density at radius 2 is 1.07 bits per heavy atom. The second-order valence-corrected chi connectivity index (χ2v) is 15.6. The molecule has 9 aromatic carbocycles. The molecule has 0 N–H and O–H groups in total. The van der Waals surface area contributed by atoms with Crippen molar-refractivity contribution in [2.24, 2.45) is 0 Å². The molecule has 3 nitrogen and oxygen atoms in total. The molecule has 0 aliphatic rings. The van der Waals surface area contributed by atoms with E-state index in [0.29, 0.717) is 0 Å². The Labute approximate surface area is 326 Å². The van der Waals surface area contributed by atoms with E-state index in [-0.39, 0.29) is 0 Å². The van der Waals surface area contributed by atoms with Gasteiger partial charge in [-0.1, -0.05) is 103 Å². The van der Waals surface area contributed by atoms with Gasteiger partial charge in [-0.15, -0.1) is 11.3 Å². The van der Waals surface area contributed by atoms with Crippen LogP contribution in [0.25, 0.3) is 91.5 Å². The van der Waals surface area contributed by atoms with E-state index in [4.69, 9.17) is 4.42 Å². The van der Waals surface area contributed by atoms with Crippen molar-refractivity contribution >= 4 is 103 Å². The van der Waals surface area contributed by atoms with Gasteiger partial charge in [0.15, 0.2) is 0 Å². The molecule has 262 valence electrons. The molecule has 0 radical (unpaired) electrons. The summed E-state index contributed by atoms with van der Waals surface area (Å²) in [6.45, 7) is 0. The zero-order chi connectivity index (χ0) is 36.7. The first-order valence-corrected chi connectivity index (χ1v) is 19.8. The normalized spacial score (nSPS) is 11.9. The Morgan fingerprint density at radius 3 is 1.93 bits per heavy atom. The second-order valence-electron chi connectivity index (χ2n) is 14.5. The first kappa shape index (κ1) is 31.2. The molecule has 0 fully saturated rings. The van der Waals surface area contributed by atoms with Gasteiger partial charge < -0.3 is 13.9 Å². The summed E-state index contributed by atoms with van der Waals surface area (Å²) >= 11 is 1.85. The van der Waals surface area contributed by atoms with E-state index >= 15 is 0 Å². The van der Waals surface area contributed by atoms with Crippen LogP contribution in [0.3, 0.4) is 0 Å². The topological polar surface area (TPSA) is 21.3 Å². The minimum Gasteiger partial charge on any atom is -0.456 e. The number of hydrogen-bond donors (Lipinski definition) is 0. The predicted octanol–water partition coefficient (Wildman–Crippen LogP) is 15.3. The molecule has 12 aromatic rings. The maximum atomic E-state index is 6.30. The van der Waals surface area contributed by atoms with Gasteiger partial charge in [0.2, 0.25) is 0 Å². The SMILES string of the molecule is c1ccc(N(c2ccc(-c3ccc4c(c3)c3cc5ccc6oc7ccccc7c6c5cc3n4-c3ccccc3)cc2)c2ccc3c(c2)sc2ccccc23)cc1. The quantitative estimate of drug-likeness (QED) is 0.176. The monoisotopic (exact) mass is 732 g/mol. The number of anilines is 3. The van der Waals surface area contributed by atoms with Crippen molar-refractivity contribution in [3.63, 3.8) is 0 Å². The number of para-hydroxylation sites is 3. The molecular formula is C52H32N2OS. The third-order valence-electron chi connectivity index (χ3n) is 11.4. The molecular weight excluding hydrogens is 701 g/mol. The van der Waals surface area contributed by atoms with Crippen LogP contribution in [0.15, 0.2) is 199 Å². The molecule has 0 unspecified atom stereocenters. The fourth-order valence-corrected chi connectivity index (χ4v) is 9.92. The Kier molecular flexibility index (Phi) is 6.80. The Hall–Kier alpha value is -7.14. The number of thiophene rings is 1. The van der Waals surface area contributed by atoms with Crippen molar-refractivity contribution < 1.29 is 4.42 Å². The summed E-state index contributed by atoms with van der Waals surface area (Å²) in [4.78, 5) is 2.36. The minimum atomic E-state index is 0.914. The van der Waals surface area contributed by atoms with Gasteiger partial charge in [-0.25, -0.2) is 0 Å². The highest BCUT2D eigenvalue weighted by molar-refractivity contribution is 7.25. The van der Waals surface area contributed by atoms with Crippen LogP contribution in [0.2, 0.25) is 0 Å². The molecule has 3 aromatic heterocycles. The highest BCUT2D eigenvalue weighted by Crippen LogP contribution is 2.43. The highest BCUT2D eigenvalue weighted by Gasteiger charge is 2.19. The van der Waals surface area contributed by atoms with Crippen LogP contribution in [-0.2, 0) is 0 Å². The van der Waals surface area contributed by atoms with Crippen LogP contribution >= 0.6 is 11.3 Å². The van der Waals surface area contributed by atoms with Crippen LogP contribution in [0, 0.1) is 0 Å². The number of hydrogen-bond acceptors (Lipinski definition) is 3. The van der Waals surface area contributed by atoms with E-state index in [1.54, 1.807) is 0 Å². The average Bonchev–Trinajstić information content (AvgIpc) is 3.93. The van der Waals surface area contributed by atoms with E-state index in [9.17, 15) is 0 Å². The van der Waals surface area contributed by atoms with E-state index in [0.717, 1.165) is 39.3 Å². The minimum absolute atomic E-state index is 0.914. The first-order chi connectivity index (χ1) is 27.7. The molecule has 0 bridgehead atoms. The molecule has 56 heavy (non-hydrogen) atoms. The van der Waals surface area contributed by atoms with Gasteiger partial charge in [0.1, 0.15) is 11.2 Å². The number of rotatable bonds is 5. The molecule has 0 saturated heterocycles. The lowest BCUT2D eigenvalue weighted by molar-refractivity contribution is 0.669. The Bertz CT molecular complexity index is 3470. The van der Waals surface area contributed by atoms with Gasteiger partial charge in [-0.05, 0) is 113 Å². The number of nitrogens with zero attached hydrogens (tertiary/aromatic N) is 2. The summed E-state index contributed by atoms with van der Waals surface area (Å²) < 4.78 is 11.3. The van der Waals surface area contributed by atoms with Gasteiger partial charge in [0.25, 0.3) is 0 Å². The zero-order valence-electron chi connectivity index (χ0n) is 30.2. The van der Waals surface area contributed by atoms with Crippen LogP contribution < -0.4 is 4.90 Å². The first-order valence-electron chi connectivity index (χ1n) is 19.0. The number of fused-ring (bicyclic) bond motifs is 11. The third-order valence-corrected chi connectivity index (χ3v) is 12.5.